The molecule has 1 N–H and O–H groups in total. The van der Waals surface area contributed by atoms with Crippen LogP contribution in [-0.4, -0.2) is 50.6 Å². The molecule has 2 aromatic carbocycles. The smallest absolute Gasteiger partial charge is 0.307 e. The minimum absolute atomic E-state index is 0.0813. The maximum absolute atomic E-state index is 14.9. The van der Waals surface area contributed by atoms with Crippen molar-refractivity contribution in [1.29, 1.82) is 0 Å². The van der Waals surface area contributed by atoms with Crippen LogP contribution in [0.25, 0.3) is 11.1 Å². The minimum atomic E-state index is -3.02. The van der Waals surface area contributed by atoms with Gasteiger partial charge in [-0.1, -0.05) is 11.6 Å². The molecule has 208 valence electrons. The highest BCUT2D eigenvalue weighted by Gasteiger charge is 2.63. The number of dihydropyridines is 1. The van der Waals surface area contributed by atoms with Gasteiger partial charge in [-0.05, 0) is 98.0 Å². The number of fused-ring (bicyclic) bond motifs is 3. The molecule has 0 bridgehead atoms. The Labute approximate surface area is 228 Å². The summed E-state index contributed by atoms with van der Waals surface area (Å²) in [6, 6.07) is 8.83. The number of halogens is 1. The standard InChI is InChI=1S/C30H34FNO6S/c1-16-10-21(37-8-5-9-39(4,35)36)11-17(2)27(16)19-6-7-25(31)22(12-19)18(3)38-26-14-20-13-23-28(24(20)15-32-26)29(23)30(33)34/h6-7,10-12,14,18,23-24,28-29H,5,8-9,13,15H2,1-4H3,(H,33,34)/t18?,23-,24?,28-,29+/m1/s1. The number of carbonyl (C=O) groups is 1. The number of sulfone groups is 1. The molecule has 1 heterocycles. The van der Waals surface area contributed by atoms with Crippen molar-refractivity contribution in [3.05, 3.63) is 64.5 Å². The lowest BCUT2D eigenvalue weighted by Gasteiger charge is -2.23. The zero-order valence-electron chi connectivity index (χ0n) is 22.6. The molecule has 1 aliphatic heterocycles. The SMILES string of the molecule is Cc1cc(OCCCS(C)(=O)=O)cc(C)c1-c1ccc(F)c(C(C)OC2=NCC3C(=C2)C[C@H]2[C@H](C(=O)O)[C@@H]32)c1. The molecule has 5 atom stereocenters. The van der Waals surface area contributed by atoms with Gasteiger partial charge in [0, 0.05) is 24.3 Å². The molecule has 0 aromatic heterocycles. The summed E-state index contributed by atoms with van der Waals surface area (Å²) < 4.78 is 49.5. The van der Waals surface area contributed by atoms with Crippen molar-refractivity contribution in [1.82, 2.24) is 0 Å². The molecule has 0 spiro atoms. The van der Waals surface area contributed by atoms with Crippen molar-refractivity contribution in [3.8, 4) is 16.9 Å². The number of nitrogens with zero attached hydrogens (tertiary/aromatic N) is 1. The summed E-state index contributed by atoms with van der Waals surface area (Å²) in [4.78, 5) is 15.9. The van der Waals surface area contributed by atoms with E-state index in [9.17, 15) is 22.7 Å². The number of aliphatic carboxylic acids is 1. The Morgan fingerprint density at radius 2 is 1.92 bits per heavy atom. The van der Waals surface area contributed by atoms with Gasteiger partial charge in [0.2, 0.25) is 5.90 Å². The highest BCUT2D eigenvalue weighted by atomic mass is 32.2. The largest absolute Gasteiger partial charge is 0.494 e. The maximum atomic E-state index is 14.9. The van der Waals surface area contributed by atoms with E-state index in [-0.39, 0.29) is 35.2 Å². The lowest BCUT2D eigenvalue weighted by molar-refractivity contribution is -0.139. The number of hydrogen-bond acceptors (Lipinski definition) is 6. The molecule has 39 heavy (non-hydrogen) atoms. The first-order chi connectivity index (χ1) is 18.4. The lowest BCUT2D eigenvalue weighted by Crippen LogP contribution is -2.21. The quantitative estimate of drug-likeness (QED) is 0.421. The van der Waals surface area contributed by atoms with E-state index < -0.39 is 21.9 Å². The molecule has 2 unspecified atom stereocenters. The molecule has 0 saturated heterocycles. The van der Waals surface area contributed by atoms with Crippen LogP contribution in [0.15, 0.2) is 47.0 Å². The first-order valence-corrected chi connectivity index (χ1v) is 15.3. The van der Waals surface area contributed by atoms with E-state index in [0.29, 0.717) is 36.8 Å². The normalized spacial score (nSPS) is 24.2. The predicted molar refractivity (Wildman–Crippen MR) is 147 cm³/mol. The van der Waals surface area contributed by atoms with Crippen LogP contribution in [-0.2, 0) is 19.4 Å². The summed E-state index contributed by atoms with van der Waals surface area (Å²) in [6.45, 7) is 6.56. The summed E-state index contributed by atoms with van der Waals surface area (Å²) >= 11 is 0. The fourth-order valence-electron chi connectivity index (χ4n) is 6.33. The van der Waals surface area contributed by atoms with Gasteiger partial charge in [0.1, 0.15) is 27.5 Å². The third kappa shape index (κ3) is 5.73. The average molecular weight is 556 g/mol. The Bertz CT molecular complexity index is 1460. The van der Waals surface area contributed by atoms with Gasteiger partial charge >= 0.3 is 5.97 Å². The molecule has 5 rings (SSSR count). The van der Waals surface area contributed by atoms with E-state index in [1.54, 1.807) is 13.0 Å². The van der Waals surface area contributed by atoms with E-state index in [1.165, 1.54) is 17.9 Å². The Kier molecular flexibility index (Phi) is 7.31. The van der Waals surface area contributed by atoms with Gasteiger partial charge in [0.25, 0.3) is 0 Å². The monoisotopic (exact) mass is 555 g/mol. The molecular weight excluding hydrogens is 521 g/mol. The number of benzene rings is 2. The molecule has 2 aliphatic carbocycles. The van der Waals surface area contributed by atoms with Crippen LogP contribution in [0.3, 0.4) is 0 Å². The Balaban J connectivity index is 1.28. The lowest BCUT2D eigenvalue weighted by atomic mass is 9.92. The van der Waals surface area contributed by atoms with Gasteiger partial charge in [-0.25, -0.2) is 12.8 Å². The van der Waals surface area contributed by atoms with Crippen molar-refractivity contribution in [3.63, 3.8) is 0 Å². The van der Waals surface area contributed by atoms with Gasteiger partial charge < -0.3 is 14.6 Å². The third-order valence-electron chi connectivity index (χ3n) is 8.13. The van der Waals surface area contributed by atoms with E-state index >= 15 is 0 Å². The van der Waals surface area contributed by atoms with Crippen LogP contribution < -0.4 is 4.74 Å². The number of rotatable bonds is 9. The second-order valence-electron chi connectivity index (χ2n) is 11.1. The second-order valence-corrected chi connectivity index (χ2v) is 13.3. The predicted octanol–water partition coefficient (Wildman–Crippen LogP) is 5.31. The molecule has 2 saturated carbocycles. The summed E-state index contributed by atoms with van der Waals surface area (Å²) in [5.41, 5.74) is 5.39. The molecule has 2 fully saturated rings. The number of ether oxygens (including phenoxy) is 2. The Morgan fingerprint density at radius 1 is 1.21 bits per heavy atom. The zero-order chi connectivity index (χ0) is 28.1. The first-order valence-electron chi connectivity index (χ1n) is 13.3. The van der Waals surface area contributed by atoms with E-state index in [2.05, 4.69) is 4.99 Å². The van der Waals surface area contributed by atoms with Crippen LogP contribution in [0.5, 0.6) is 5.75 Å². The maximum Gasteiger partial charge on any atom is 0.307 e. The van der Waals surface area contributed by atoms with Crippen LogP contribution in [0.4, 0.5) is 4.39 Å². The van der Waals surface area contributed by atoms with E-state index in [4.69, 9.17) is 9.47 Å². The van der Waals surface area contributed by atoms with Crippen molar-refractivity contribution < 1.29 is 32.2 Å². The Morgan fingerprint density at radius 3 is 2.59 bits per heavy atom. The number of aliphatic imine (C=N–C) groups is 1. The van der Waals surface area contributed by atoms with Gasteiger partial charge in [0.05, 0.1) is 18.3 Å². The summed E-state index contributed by atoms with van der Waals surface area (Å²) in [5.74, 6) is 0.467. The van der Waals surface area contributed by atoms with Gasteiger partial charge in [0.15, 0.2) is 0 Å². The molecule has 3 aliphatic rings. The van der Waals surface area contributed by atoms with Crippen molar-refractivity contribution in [2.75, 3.05) is 25.2 Å². The summed E-state index contributed by atoms with van der Waals surface area (Å²) in [7, 11) is -3.02. The average Bonchev–Trinajstić information content (AvgIpc) is 3.44. The first kappa shape index (κ1) is 27.4. The van der Waals surface area contributed by atoms with E-state index in [0.717, 1.165) is 28.7 Å². The highest BCUT2D eigenvalue weighted by molar-refractivity contribution is 7.90. The zero-order valence-corrected chi connectivity index (χ0v) is 23.4. The molecule has 9 heteroatoms. The topological polar surface area (TPSA) is 102 Å². The number of carboxylic acid groups (broad SMARTS) is 1. The number of aryl methyl sites for hydroxylation is 2. The summed E-state index contributed by atoms with van der Waals surface area (Å²) in [6.07, 6.45) is 3.75. The van der Waals surface area contributed by atoms with Crippen LogP contribution in [0.2, 0.25) is 0 Å². The van der Waals surface area contributed by atoms with Crippen LogP contribution >= 0.6 is 0 Å². The fourth-order valence-corrected chi connectivity index (χ4v) is 6.97. The van der Waals surface area contributed by atoms with Gasteiger partial charge in [-0.15, -0.1) is 0 Å². The molecular formula is C30H34FNO6S. The number of carboxylic acids is 1. The highest BCUT2D eigenvalue weighted by Crippen LogP contribution is 2.63. The van der Waals surface area contributed by atoms with Crippen molar-refractivity contribution in [2.24, 2.45) is 28.7 Å². The minimum Gasteiger partial charge on any atom is -0.494 e. The third-order valence-corrected chi connectivity index (χ3v) is 9.16. The van der Waals surface area contributed by atoms with Crippen LogP contribution in [0, 0.1) is 43.3 Å². The summed E-state index contributed by atoms with van der Waals surface area (Å²) in [5, 5.41) is 9.35. The van der Waals surface area contributed by atoms with Gasteiger partial charge in [-0.3, -0.25) is 9.79 Å². The second kappa shape index (κ2) is 10.4. The Hall–Kier alpha value is -3.20. The molecule has 0 radical (unpaired) electrons. The fraction of sp³-hybridized carbons (Fsp3) is 0.467. The van der Waals surface area contributed by atoms with Crippen molar-refractivity contribution >= 4 is 21.7 Å². The van der Waals surface area contributed by atoms with Crippen LogP contribution in [0.1, 0.15) is 42.6 Å². The van der Waals surface area contributed by atoms with Crippen molar-refractivity contribution in [2.45, 2.75) is 39.7 Å². The van der Waals surface area contributed by atoms with Gasteiger partial charge in [-0.2, -0.15) is 0 Å². The van der Waals surface area contributed by atoms with E-state index in [1.807, 2.05) is 38.1 Å². The molecule has 0 amide bonds. The molecule has 7 nitrogen and oxygen atoms in total. The molecule has 2 aromatic rings. The number of hydrogen-bond donors (Lipinski definition) is 1.